The molecule has 0 saturated heterocycles. The summed E-state index contributed by atoms with van der Waals surface area (Å²) in [4.78, 5) is 12.3. The Morgan fingerprint density at radius 2 is 2.12 bits per heavy atom. The Bertz CT molecular complexity index is 470. The number of aromatic nitrogens is 3. The lowest BCUT2D eigenvalue weighted by Crippen LogP contribution is -2.02. The fourth-order valence-electron chi connectivity index (χ4n) is 1.23. The lowest BCUT2D eigenvalue weighted by molar-refractivity contribution is 1.05. The number of rotatable bonds is 3. The van der Waals surface area contributed by atoms with E-state index in [0.717, 1.165) is 21.7 Å². The van der Waals surface area contributed by atoms with E-state index in [9.17, 15) is 0 Å². The number of pyridine rings is 1. The number of halogens is 1. The lowest BCUT2D eigenvalue weighted by Gasteiger charge is -2.05. The average Bonchev–Trinajstić information content (AvgIpc) is 2.28. The van der Waals surface area contributed by atoms with Crippen LogP contribution in [0.15, 0.2) is 35.3 Å². The minimum atomic E-state index is 0.705. The Kier molecular flexibility index (Phi) is 3.46. The highest BCUT2D eigenvalue weighted by Crippen LogP contribution is 2.10. The van der Waals surface area contributed by atoms with Gasteiger partial charge in [-0.3, -0.25) is 4.98 Å². The summed E-state index contributed by atoms with van der Waals surface area (Å²) < 4.78 is 0.770. The monoisotopic (exact) mass is 278 g/mol. The van der Waals surface area contributed by atoms with E-state index in [1.165, 1.54) is 6.33 Å². The van der Waals surface area contributed by atoms with Crippen molar-refractivity contribution < 1.29 is 0 Å². The molecule has 0 aliphatic heterocycles. The molecule has 0 fully saturated rings. The summed E-state index contributed by atoms with van der Waals surface area (Å²) in [5.41, 5.74) is 2.15. The average molecular weight is 279 g/mol. The van der Waals surface area contributed by atoms with Gasteiger partial charge in [-0.1, -0.05) is 6.07 Å². The Balaban J connectivity index is 1.99. The second-order valence-corrected chi connectivity index (χ2v) is 4.20. The topological polar surface area (TPSA) is 50.7 Å². The SMILES string of the molecule is Cc1ccc(CNc2cc(Br)ncn2)cn1. The zero-order valence-electron chi connectivity index (χ0n) is 8.81. The third kappa shape index (κ3) is 3.00. The molecule has 82 valence electrons. The Morgan fingerprint density at radius 1 is 1.25 bits per heavy atom. The fraction of sp³-hybridized carbons (Fsp3) is 0.182. The first-order valence-corrected chi connectivity index (χ1v) is 5.66. The molecule has 1 N–H and O–H groups in total. The smallest absolute Gasteiger partial charge is 0.130 e. The maximum Gasteiger partial charge on any atom is 0.130 e. The predicted octanol–water partition coefficient (Wildman–Crippen LogP) is 2.55. The highest BCUT2D eigenvalue weighted by Gasteiger charge is 1.97. The number of hydrogen-bond acceptors (Lipinski definition) is 4. The van der Waals surface area contributed by atoms with Crippen molar-refractivity contribution in [2.75, 3.05) is 5.32 Å². The Morgan fingerprint density at radius 3 is 2.81 bits per heavy atom. The van der Waals surface area contributed by atoms with Crippen molar-refractivity contribution in [1.29, 1.82) is 0 Å². The zero-order chi connectivity index (χ0) is 11.4. The minimum absolute atomic E-state index is 0.705. The van der Waals surface area contributed by atoms with Crippen LogP contribution in [-0.4, -0.2) is 15.0 Å². The van der Waals surface area contributed by atoms with Crippen LogP contribution in [0.2, 0.25) is 0 Å². The second kappa shape index (κ2) is 5.03. The van der Waals surface area contributed by atoms with Crippen LogP contribution in [0.25, 0.3) is 0 Å². The van der Waals surface area contributed by atoms with Gasteiger partial charge >= 0.3 is 0 Å². The van der Waals surface area contributed by atoms with Gasteiger partial charge in [0.2, 0.25) is 0 Å². The van der Waals surface area contributed by atoms with Crippen LogP contribution >= 0.6 is 15.9 Å². The van der Waals surface area contributed by atoms with E-state index < -0.39 is 0 Å². The van der Waals surface area contributed by atoms with Gasteiger partial charge in [-0.05, 0) is 34.5 Å². The number of nitrogens with one attached hydrogen (secondary N) is 1. The molecular weight excluding hydrogens is 268 g/mol. The highest BCUT2D eigenvalue weighted by atomic mass is 79.9. The van der Waals surface area contributed by atoms with E-state index in [-0.39, 0.29) is 0 Å². The summed E-state index contributed by atoms with van der Waals surface area (Å²) in [6.45, 7) is 2.68. The summed E-state index contributed by atoms with van der Waals surface area (Å²) in [5, 5.41) is 3.20. The third-order valence-electron chi connectivity index (χ3n) is 2.08. The van der Waals surface area contributed by atoms with Crippen LogP contribution < -0.4 is 5.32 Å². The molecule has 0 aromatic carbocycles. The van der Waals surface area contributed by atoms with Crippen molar-refractivity contribution in [3.05, 3.63) is 46.6 Å². The molecule has 2 aromatic heterocycles. The molecule has 0 bridgehead atoms. The molecule has 5 heteroatoms. The zero-order valence-corrected chi connectivity index (χ0v) is 10.4. The standard InChI is InChI=1S/C11H11BrN4/c1-8-2-3-9(5-13-8)6-14-11-4-10(12)15-7-16-11/h2-5,7H,6H2,1H3,(H,14,15,16). The van der Waals surface area contributed by atoms with Crippen LogP contribution in [0.1, 0.15) is 11.3 Å². The third-order valence-corrected chi connectivity index (χ3v) is 2.51. The van der Waals surface area contributed by atoms with Crippen LogP contribution in [0.4, 0.5) is 5.82 Å². The molecule has 0 saturated carbocycles. The van der Waals surface area contributed by atoms with Crippen LogP contribution in [0.3, 0.4) is 0 Å². The molecule has 0 amide bonds. The van der Waals surface area contributed by atoms with Gasteiger partial charge in [-0.25, -0.2) is 9.97 Å². The molecule has 16 heavy (non-hydrogen) atoms. The maximum absolute atomic E-state index is 4.23. The molecule has 0 aliphatic rings. The van der Waals surface area contributed by atoms with Crippen molar-refractivity contribution in [2.45, 2.75) is 13.5 Å². The number of anilines is 1. The molecule has 0 atom stereocenters. The van der Waals surface area contributed by atoms with E-state index in [1.807, 2.05) is 31.3 Å². The molecule has 2 heterocycles. The summed E-state index contributed by atoms with van der Waals surface area (Å²) in [6, 6.07) is 5.88. The van der Waals surface area contributed by atoms with Gasteiger partial charge in [-0.2, -0.15) is 0 Å². The predicted molar refractivity (Wildman–Crippen MR) is 66.0 cm³/mol. The first-order valence-electron chi connectivity index (χ1n) is 4.87. The molecule has 4 nitrogen and oxygen atoms in total. The summed E-state index contributed by atoms with van der Waals surface area (Å²) in [6.07, 6.45) is 3.37. The van der Waals surface area contributed by atoms with Gasteiger partial charge in [-0.15, -0.1) is 0 Å². The molecule has 0 aliphatic carbocycles. The van der Waals surface area contributed by atoms with Crippen molar-refractivity contribution in [1.82, 2.24) is 15.0 Å². The van der Waals surface area contributed by atoms with E-state index in [0.29, 0.717) is 6.54 Å². The summed E-state index contributed by atoms with van der Waals surface area (Å²) >= 11 is 3.29. The molecular formula is C11H11BrN4. The number of nitrogens with zero attached hydrogens (tertiary/aromatic N) is 3. The summed E-state index contributed by atoms with van der Waals surface area (Å²) in [5.74, 6) is 0.794. The number of hydrogen-bond donors (Lipinski definition) is 1. The minimum Gasteiger partial charge on any atom is -0.366 e. The van der Waals surface area contributed by atoms with Gasteiger partial charge < -0.3 is 5.32 Å². The largest absolute Gasteiger partial charge is 0.366 e. The van der Waals surface area contributed by atoms with Gasteiger partial charge in [0.15, 0.2) is 0 Å². The van der Waals surface area contributed by atoms with Crippen molar-refractivity contribution in [3.63, 3.8) is 0 Å². The van der Waals surface area contributed by atoms with E-state index in [2.05, 4.69) is 36.2 Å². The Labute approximate surface area is 102 Å². The van der Waals surface area contributed by atoms with Gasteiger partial charge in [0.25, 0.3) is 0 Å². The quantitative estimate of drug-likeness (QED) is 0.877. The maximum atomic E-state index is 4.23. The van der Waals surface area contributed by atoms with Gasteiger partial charge in [0, 0.05) is 24.5 Å². The van der Waals surface area contributed by atoms with Crippen molar-refractivity contribution in [3.8, 4) is 0 Å². The highest BCUT2D eigenvalue weighted by molar-refractivity contribution is 9.10. The fourth-order valence-corrected chi connectivity index (χ4v) is 1.53. The van der Waals surface area contributed by atoms with Gasteiger partial charge in [0.1, 0.15) is 16.7 Å². The van der Waals surface area contributed by atoms with Crippen molar-refractivity contribution in [2.24, 2.45) is 0 Å². The van der Waals surface area contributed by atoms with Crippen LogP contribution in [0.5, 0.6) is 0 Å². The van der Waals surface area contributed by atoms with E-state index >= 15 is 0 Å². The van der Waals surface area contributed by atoms with Crippen LogP contribution in [-0.2, 0) is 6.54 Å². The molecule has 0 radical (unpaired) electrons. The first kappa shape index (κ1) is 11.0. The van der Waals surface area contributed by atoms with Crippen LogP contribution in [0, 0.1) is 6.92 Å². The molecule has 0 unspecified atom stereocenters. The van der Waals surface area contributed by atoms with E-state index in [1.54, 1.807) is 0 Å². The molecule has 0 spiro atoms. The van der Waals surface area contributed by atoms with Gasteiger partial charge in [0.05, 0.1) is 0 Å². The van der Waals surface area contributed by atoms with E-state index in [4.69, 9.17) is 0 Å². The number of aryl methyl sites for hydroxylation is 1. The summed E-state index contributed by atoms with van der Waals surface area (Å²) in [7, 11) is 0. The first-order chi connectivity index (χ1) is 7.74. The Hall–Kier alpha value is -1.49. The second-order valence-electron chi connectivity index (χ2n) is 3.39. The molecule has 2 aromatic rings. The lowest BCUT2D eigenvalue weighted by atomic mass is 10.2. The normalized spacial score (nSPS) is 10.1. The molecule has 2 rings (SSSR count). The van der Waals surface area contributed by atoms with Crippen molar-refractivity contribution >= 4 is 21.7 Å².